The summed E-state index contributed by atoms with van der Waals surface area (Å²) in [7, 11) is 0. The SMILES string of the molecule is N#CC1CCCCC1NC1CC=CCC1. The zero-order chi connectivity index (χ0) is 10.5. The normalized spacial score (nSPS) is 36.1. The molecule has 0 radical (unpaired) electrons. The van der Waals surface area contributed by atoms with Crippen LogP contribution in [0.15, 0.2) is 12.2 Å². The average Bonchev–Trinajstić information content (AvgIpc) is 2.31. The molecule has 3 atom stereocenters. The standard InChI is InChI=1S/C13H20N2/c14-10-11-6-4-5-9-13(11)15-12-7-2-1-3-8-12/h1-2,11-13,15H,3-9H2. The summed E-state index contributed by atoms with van der Waals surface area (Å²) in [6, 6.07) is 3.54. The Kier molecular flexibility index (Phi) is 3.80. The lowest BCUT2D eigenvalue weighted by Crippen LogP contribution is -2.44. The highest BCUT2D eigenvalue weighted by Crippen LogP contribution is 2.25. The Balaban J connectivity index is 1.86. The van der Waals surface area contributed by atoms with Gasteiger partial charge in [-0.25, -0.2) is 0 Å². The first kappa shape index (κ1) is 10.7. The summed E-state index contributed by atoms with van der Waals surface area (Å²) in [5.74, 6) is 0.254. The lowest BCUT2D eigenvalue weighted by Gasteiger charge is -2.32. The molecular formula is C13H20N2. The van der Waals surface area contributed by atoms with Crippen LogP contribution in [0.2, 0.25) is 0 Å². The van der Waals surface area contributed by atoms with Gasteiger partial charge in [-0.15, -0.1) is 0 Å². The van der Waals surface area contributed by atoms with Crippen LogP contribution in [-0.2, 0) is 0 Å². The Morgan fingerprint density at radius 2 is 2.00 bits per heavy atom. The molecule has 15 heavy (non-hydrogen) atoms. The molecule has 1 fully saturated rings. The van der Waals surface area contributed by atoms with Gasteiger partial charge in [0, 0.05) is 12.1 Å². The van der Waals surface area contributed by atoms with Crippen molar-refractivity contribution in [3.05, 3.63) is 12.2 Å². The van der Waals surface area contributed by atoms with Crippen LogP contribution in [0, 0.1) is 17.2 Å². The molecule has 2 rings (SSSR count). The molecule has 2 nitrogen and oxygen atoms in total. The lowest BCUT2D eigenvalue weighted by molar-refractivity contribution is 0.278. The molecule has 2 aliphatic carbocycles. The molecule has 2 heteroatoms. The molecule has 1 saturated carbocycles. The quantitative estimate of drug-likeness (QED) is 0.702. The second-order valence-corrected chi connectivity index (χ2v) is 4.77. The summed E-state index contributed by atoms with van der Waals surface area (Å²) in [6.45, 7) is 0. The average molecular weight is 204 g/mol. The van der Waals surface area contributed by atoms with Crippen molar-refractivity contribution < 1.29 is 0 Å². The van der Waals surface area contributed by atoms with Gasteiger partial charge in [0.15, 0.2) is 0 Å². The third-order valence-electron chi connectivity index (χ3n) is 3.65. The van der Waals surface area contributed by atoms with Gasteiger partial charge in [0.1, 0.15) is 0 Å². The van der Waals surface area contributed by atoms with E-state index in [1.54, 1.807) is 0 Å². The summed E-state index contributed by atoms with van der Waals surface area (Å²) >= 11 is 0. The number of rotatable bonds is 2. The van der Waals surface area contributed by atoms with E-state index in [-0.39, 0.29) is 5.92 Å². The zero-order valence-corrected chi connectivity index (χ0v) is 9.28. The largest absolute Gasteiger partial charge is 0.310 e. The predicted octanol–water partition coefficient (Wildman–Crippen LogP) is 2.77. The first-order valence-corrected chi connectivity index (χ1v) is 6.21. The third kappa shape index (κ3) is 2.82. The van der Waals surface area contributed by atoms with Gasteiger partial charge in [0.05, 0.1) is 12.0 Å². The smallest absolute Gasteiger partial charge is 0.0672 e. The zero-order valence-electron chi connectivity index (χ0n) is 9.28. The maximum absolute atomic E-state index is 9.09. The van der Waals surface area contributed by atoms with E-state index >= 15 is 0 Å². The Bertz CT molecular complexity index is 264. The molecule has 0 aromatic heterocycles. The number of hydrogen-bond acceptors (Lipinski definition) is 2. The molecule has 0 bridgehead atoms. The van der Waals surface area contributed by atoms with E-state index in [2.05, 4.69) is 23.5 Å². The summed E-state index contributed by atoms with van der Waals surface area (Å²) < 4.78 is 0. The highest BCUT2D eigenvalue weighted by atomic mass is 15.0. The number of nitriles is 1. The molecule has 0 aromatic rings. The van der Waals surface area contributed by atoms with E-state index in [0.29, 0.717) is 12.1 Å². The second-order valence-electron chi connectivity index (χ2n) is 4.77. The van der Waals surface area contributed by atoms with Crippen LogP contribution in [0.5, 0.6) is 0 Å². The van der Waals surface area contributed by atoms with Gasteiger partial charge in [-0.05, 0) is 32.1 Å². The maximum atomic E-state index is 9.09. The summed E-state index contributed by atoms with van der Waals surface area (Å²) in [5, 5.41) is 12.8. The molecule has 82 valence electrons. The van der Waals surface area contributed by atoms with Crippen LogP contribution in [0.4, 0.5) is 0 Å². The second kappa shape index (κ2) is 5.32. The van der Waals surface area contributed by atoms with E-state index in [1.165, 1.54) is 32.1 Å². The highest BCUT2D eigenvalue weighted by Gasteiger charge is 2.26. The van der Waals surface area contributed by atoms with Crippen molar-refractivity contribution in [3.8, 4) is 6.07 Å². The molecular weight excluding hydrogens is 184 g/mol. The predicted molar refractivity (Wildman–Crippen MR) is 61.3 cm³/mol. The summed E-state index contributed by atoms with van der Waals surface area (Å²) in [4.78, 5) is 0. The fourth-order valence-electron chi connectivity index (χ4n) is 2.73. The van der Waals surface area contributed by atoms with Gasteiger partial charge in [0.2, 0.25) is 0 Å². The molecule has 0 aromatic carbocycles. The first-order valence-electron chi connectivity index (χ1n) is 6.21. The van der Waals surface area contributed by atoms with Gasteiger partial charge in [-0.1, -0.05) is 25.0 Å². The molecule has 1 N–H and O–H groups in total. The number of nitrogens with zero attached hydrogens (tertiary/aromatic N) is 1. The van der Waals surface area contributed by atoms with Crippen molar-refractivity contribution >= 4 is 0 Å². The number of hydrogen-bond donors (Lipinski definition) is 1. The van der Waals surface area contributed by atoms with E-state index < -0.39 is 0 Å². The van der Waals surface area contributed by atoms with E-state index in [4.69, 9.17) is 5.26 Å². The number of nitrogens with one attached hydrogen (secondary N) is 1. The molecule has 3 unspecified atom stereocenters. The topological polar surface area (TPSA) is 35.8 Å². The van der Waals surface area contributed by atoms with Gasteiger partial charge >= 0.3 is 0 Å². The van der Waals surface area contributed by atoms with Crippen LogP contribution < -0.4 is 5.32 Å². The van der Waals surface area contributed by atoms with Crippen molar-refractivity contribution in [2.24, 2.45) is 5.92 Å². The van der Waals surface area contributed by atoms with E-state index in [0.717, 1.165) is 12.8 Å². The first-order chi connectivity index (χ1) is 7.40. The minimum Gasteiger partial charge on any atom is -0.310 e. The Hall–Kier alpha value is -0.810. The van der Waals surface area contributed by atoms with Gasteiger partial charge in [0.25, 0.3) is 0 Å². The van der Waals surface area contributed by atoms with Gasteiger partial charge < -0.3 is 5.32 Å². The molecule has 2 aliphatic rings. The summed E-state index contributed by atoms with van der Waals surface area (Å²) in [6.07, 6.45) is 12.9. The minimum atomic E-state index is 0.254. The van der Waals surface area contributed by atoms with Crippen molar-refractivity contribution in [1.29, 1.82) is 5.26 Å². The molecule has 0 aliphatic heterocycles. The molecule has 0 amide bonds. The fraction of sp³-hybridized carbons (Fsp3) is 0.769. The lowest BCUT2D eigenvalue weighted by atomic mass is 9.84. The van der Waals surface area contributed by atoms with Crippen LogP contribution in [0.1, 0.15) is 44.9 Å². The highest BCUT2D eigenvalue weighted by molar-refractivity contribution is 4.99. The fourth-order valence-corrected chi connectivity index (χ4v) is 2.73. The Morgan fingerprint density at radius 1 is 1.13 bits per heavy atom. The Labute approximate surface area is 92.4 Å². The van der Waals surface area contributed by atoms with Crippen molar-refractivity contribution in [3.63, 3.8) is 0 Å². The summed E-state index contributed by atoms with van der Waals surface area (Å²) in [5.41, 5.74) is 0. The van der Waals surface area contributed by atoms with Crippen LogP contribution in [0.3, 0.4) is 0 Å². The molecule has 0 spiro atoms. The third-order valence-corrected chi connectivity index (χ3v) is 3.65. The molecule has 0 saturated heterocycles. The van der Waals surface area contributed by atoms with Gasteiger partial charge in [-0.3, -0.25) is 0 Å². The van der Waals surface area contributed by atoms with Crippen LogP contribution >= 0.6 is 0 Å². The van der Waals surface area contributed by atoms with Crippen molar-refractivity contribution in [1.82, 2.24) is 5.32 Å². The van der Waals surface area contributed by atoms with Crippen molar-refractivity contribution in [2.75, 3.05) is 0 Å². The van der Waals surface area contributed by atoms with Crippen LogP contribution in [0.25, 0.3) is 0 Å². The molecule has 0 heterocycles. The van der Waals surface area contributed by atoms with E-state index in [1.807, 2.05) is 0 Å². The maximum Gasteiger partial charge on any atom is 0.0672 e. The minimum absolute atomic E-state index is 0.254. The van der Waals surface area contributed by atoms with Crippen molar-refractivity contribution in [2.45, 2.75) is 57.0 Å². The number of allylic oxidation sites excluding steroid dienone is 1. The van der Waals surface area contributed by atoms with Gasteiger partial charge in [-0.2, -0.15) is 5.26 Å². The van der Waals surface area contributed by atoms with Crippen LogP contribution in [-0.4, -0.2) is 12.1 Å². The Morgan fingerprint density at radius 3 is 2.73 bits per heavy atom. The van der Waals surface area contributed by atoms with E-state index in [9.17, 15) is 0 Å². The monoisotopic (exact) mass is 204 g/mol.